The SMILES string of the molecule is CCc1ccc(CC)c(C(=O)C2CCCCO2)c1. The van der Waals surface area contributed by atoms with E-state index in [-0.39, 0.29) is 11.9 Å². The molecule has 1 saturated heterocycles. The zero-order chi connectivity index (χ0) is 13.0. The van der Waals surface area contributed by atoms with Crippen molar-refractivity contribution in [3.05, 3.63) is 34.9 Å². The summed E-state index contributed by atoms with van der Waals surface area (Å²) in [4.78, 5) is 12.5. The third-order valence-corrected chi connectivity index (χ3v) is 3.70. The van der Waals surface area contributed by atoms with Gasteiger partial charge in [0.05, 0.1) is 0 Å². The Bertz CT molecular complexity index is 417. The van der Waals surface area contributed by atoms with Crippen LogP contribution in [0.5, 0.6) is 0 Å². The highest BCUT2D eigenvalue weighted by atomic mass is 16.5. The maximum absolute atomic E-state index is 12.5. The van der Waals surface area contributed by atoms with Crippen LogP contribution in [-0.2, 0) is 17.6 Å². The molecule has 1 aromatic rings. The molecule has 2 nitrogen and oxygen atoms in total. The molecule has 0 aromatic heterocycles. The lowest BCUT2D eigenvalue weighted by Gasteiger charge is -2.22. The third-order valence-electron chi connectivity index (χ3n) is 3.70. The van der Waals surface area contributed by atoms with E-state index in [1.807, 2.05) is 0 Å². The lowest BCUT2D eigenvalue weighted by molar-refractivity contribution is 0.0186. The zero-order valence-electron chi connectivity index (χ0n) is 11.4. The van der Waals surface area contributed by atoms with Crippen LogP contribution in [0.3, 0.4) is 0 Å². The minimum Gasteiger partial charge on any atom is -0.370 e. The van der Waals surface area contributed by atoms with Crippen molar-refractivity contribution in [2.75, 3.05) is 6.61 Å². The molecule has 0 amide bonds. The fourth-order valence-corrected chi connectivity index (χ4v) is 2.50. The molecule has 0 N–H and O–H groups in total. The van der Waals surface area contributed by atoms with E-state index in [4.69, 9.17) is 4.74 Å². The standard InChI is InChI=1S/C16H22O2/c1-3-12-8-9-13(4-2)14(11-12)16(17)15-7-5-6-10-18-15/h8-9,11,15H,3-7,10H2,1-2H3. The number of aryl methyl sites for hydroxylation is 2. The average Bonchev–Trinajstić information content (AvgIpc) is 2.46. The van der Waals surface area contributed by atoms with Gasteiger partial charge in [0.15, 0.2) is 5.78 Å². The predicted molar refractivity (Wildman–Crippen MR) is 73.1 cm³/mol. The Balaban J connectivity index is 2.26. The number of hydrogen-bond acceptors (Lipinski definition) is 2. The lowest BCUT2D eigenvalue weighted by atomic mass is 9.93. The van der Waals surface area contributed by atoms with Gasteiger partial charge in [0.25, 0.3) is 0 Å². The molecule has 0 spiro atoms. The first-order valence-electron chi connectivity index (χ1n) is 7.03. The quantitative estimate of drug-likeness (QED) is 0.759. The molecule has 98 valence electrons. The normalized spacial score (nSPS) is 19.8. The Kier molecular flexibility index (Phi) is 4.54. The number of rotatable bonds is 4. The van der Waals surface area contributed by atoms with Gasteiger partial charge in [0, 0.05) is 12.2 Å². The minimum absolute atomic E-state index is 0.182. The van der Waals surface area contributed by atoms with Gasteiger partial charge in [0.2, 0.25) is 0 Å². The number of Topliss-reactive ketones (excluding diaryl/α,β-unsaturated/α-hetero) is 1. The van der Waals surface area contributed by atoms with Crippen LogP contribution < -0.4 is 0 Å². The van der Waals surface area contributed by atoms with E-state index in [2.05, 4.69) is 32.0 Å². The van der Waals surface area contributed by atoms with Gasteiger partial charge in [-0.1, -0.05) is 26.0 Å². The molecule has 1 aliphatic rings. The van der Waals surface area contributed by atoms with Gasteiger partial charge < -0.3 is 4.74 Å². The van der Waals surface area contributed by atoms with Gasteiger partial charge in [-0.3, -0.25) is 4.79 Å². The number of ether oxygens (including phenoxy) is 1. The summed E-state index contributed by atoms with van der Waals surface area (Å²) >= 11 is 0. The van der Waals surface area contributed by atoms with E-state index in [0.29, 0.717) is 0 Å². The topological polar surface area (TPSA) is 26.3 Å². The maximum Gasteiger partial charge on any atom is 0.191 e. The Morgan fingerprint density at radius 2 is 2.11 bits per heavy atom. The molecule has 1 fully saturated rings. The zero-order valence-corrected chi connectivity index (χ0v) is 11.4. The molecule has 1 aromatic carbocycles. The van der Waals surface area contributed by atoms with Crippen molar-refractivity contribution in [1.29, 1.82) is 0 Å². The van der Waals surface area contributed by atoms with Gasteiger partial charge in [-0.05, 0) is 49.3 Å². The van der Waals surface area contributed by atoms with Crippen LogP contribution in [0.2, 0.25) is 0 Å². The van der Waals surface area contributed by atoms with Crippen LogP contribution in [0.1, 0.15) is 54.6 Å². The maximum atomic E-state index is 12.5. The molecular weight excluding hydrogens is 224 g/mol. The highest BCUT2D eigenvalue weighted by Crippen LogP contribution is 2.21. The van der Waals surface area contributed by atoms with Crippen LogP contribution in [0.4, 0.5) is 0 Å². The van der Waals surface area contributed by atoms with Crippen molar-refractivity contribution < 1.29 is 9.53 Å². The van der Waals surface area contributed by atoms with Crippen molar-refractivity contribution in [1.82, 2.24) is 0 Å². The van der Waals surface area contributed by atoms with Crippen molar-refractivity contribution in [3.63, 3.8) is 0 Å². The summed E-state index contributed by atoms with van der Waals surface area (Å²) in [5, 5.41) is 0. The fraction of sp³-hybridized carbons (Fsp3) is 0.562. The van der Waals surface area contributed by atoms with Gasteiger partial charge >= 0.3 is 0 Å². The number of ketones is 1. The van der Waals surface area contributed by atoms with E-state index in [1.165, 1.54) is 5.56 Å². The predicted octanol–water partition coefficient (Wildman–Crippen LogP) is 3.56. The minimum atomic E-state index is -0.212. The summed E-state index contributed by atoms with van der Waals surface area (Å²) in [6.07, 6.45) is 4.72. The summed E-state index contributed by atoms with van der Waals surface area (Å²) < 4.78 is 5.62. The molecule has 18 heavy (non-hydrogen) atoms. The van der Waals surface area contributed by atoms with E-state index < -0.39 is 0 Å². The first-order chi connectivity index (χ1) is 8.76. The van der Waals surface area contributed by atoms with Crippen molar-refractivity contribution in [3.8, 4) is 0 Å². The molecule has 1 atom stereocenters. The van der Waals surface area contributed by atoms with Crippen molar-refractivity contribution >= 4 is 5.78 Å². The Hall–Kier alpha value is -1.15. The summed E-state index contributed by atoms with van der Waals surface area (Å²) in [7, 11) is 0. The molecule has 0 radical (unpaired) electrons. The third kappa shape index (κ3) is 2.81. The molecule has 0 aliphatic carbocycles. The van der Waals surface area contributed by atoms with E-state index in [0.717, 1.165) is 49.8 Å². The average molecular weight is 246 g/mol. The second-order valence-corrected chi connectivity index (χ2v) is 4.92. The number of carbonyl (C=O) groups is 1. The number of benzene rings is 1. The van der Waals surface area contributed by atoms with Crippen molar-refractivity contribution in [2.45, 2.75) is 52.1 Å². The van der Waals surface area contributed by atoms with Crippen molar-refractivity contribution in [2.24, 2.45) is 0 Å². The summed E-state index contributed by atoms with van der Waals surface area (Å²) in [5.74, 6) is 0.182. The summed E-state index contributed by atoms with van der Waals surface area (Å²) in [6.45, 7) is 4.94. The Labute approximate surface area is 109 Å². The van der Waals surface area contributed by atoms with Gasteiger partial charge in [-0.25, -0.2) is 0 Å². The lowest BCUT2D eigenvalue weighted by Crippen LogP contribution is -2.29. The van der Waals surface area contributed by atoms with Crippen LogP contribution in [-0.4, -0.2) is 18.5 Å². The molecule has 2 rings (SSSR count). The molecule has 0 saturated carbocycles. The molecule has 1 heterocycles. The van der Waals surface area contributed by atoms with Crippen LogP contribution in [0.25, 0.3) is 0 Å². The van der Waals surface area contributed by atoms with Crippen LogP contribution >= 0.6 is 0 Å². The Morgan fingerprint density at radius 3 is 2.72 bits per heavy atom. The second kappa shape index (κ2) is 6.14. The second-order valence-electron chi connectivity index (χ2n) is 4.92. The number of hydrogen-bond donors (Lipinski definition) is 0. The summed E-state index contributed by atoms with van der Waals surface area (Å²) in [6, 6.07) is 6.27. The fourth-order valence-electron chi connectivity index (χ4n) is 2.50. The van der Waals surface area contributed by atoms with E-state index in [1.54, 1.807) is 0 Å². The first kappa shape index (κ1) is 13.3. The molecular formula is C16H22O2. The van der Waals surface area contributed by atoms with Crippen LogP contribution in [0, 0.1) is 0 Å². The summed E-state index contributed by atoms with van der Waals surface area (Å²) in [5.41, 5.74) is 3.25. The van der Waals surface area contributed by atoms with Gasteiger partial charge in [-0.2, -0.15) is 0 Å². The molecule has 0 bridgehead atoms. The van der Waals surface area contributed by atoms with Gasteiger partial charge in [0.1, 0.15) is 6.10 Å². The first-order valence-corrected chi connectivity index (χ1v) is 7.03. The Morgan fingerprint density at radius 1 is 1.28 bits per heavy atom. The highest BCUT2D eigenvalue weighted by Gasteiger charge is 2.24. The van der Waals surface area contributed by atoms with E-state index in [9.17, 15) is 4.79 Å². The number of carbonyl (C=O) groups excluding carboxylic acids is 1. The molecule has 1 aliphatic heterocycles. The van der Waals surface area contributed by atoms with Crippen LogP contribution in [0.15, 0.2) is 18.2 Å². The monoisotopic (exact) mass is 246 g/mol. The van der Waals surface area contributed by atoms with Gasteiger partial charge in [-0.15, -0.1) is 0 Å². The molecule has 2 heteroatoms. The largest absolute Gasteiger partial charge is 0.370 e. The smallest absolute Gasteiger partial charge is 0.191 e. The van der Waals surface area contributed by atoms with E-state index >= 15 is 0 Å². The molecule has 1 unspecified atom stereocenters. The highest BCUT2D eigenvalue weighted by molar-refractivity contribution is 6.01.